The van der Waals surface area contributed by atoms with Crippen LogP contribution in [-0.4, -0.2) is 18.0 Å². The molecule has 0 fully saturated rings. The summed E-state index contributed by atoms with van der Waals surface area (Å²) in [5, 5.41) is 0. The van der Waals surface area contributed by atoms with E-state index in [2.05, 4.69) is 49.1 Å². The highest BCUT2D eigenvalue weighted by molar-refractivity contribution is 5.16. The lowest BCUT2D eigenvalue weighted by Crippen LogP contribution is -2.33. The molecule has 0 saturated heterocycles. The van der Waals surface area contributed by atoms with E-state index in [1.165, 1.54) is 5.56 Å². The number of nitrogens with zero attached hydrogens (tertiary/aromatic N) is 1. The van der Waals surface area contributed by atoms with E-state index in [9.17, 15) is 0 Å². The van der Waals surface area contributed by atoms with Gasteiger partial charge in [-0.3, -0.25) is 4.90 Å². The number of hydrogen-bond donors (Lipinski definition) is 1. The first-order valence-electron chi connectivity index (χ1n) is 7.35. The largest absolute Gasteiger partial charge is 0.464 e. The molecule has 0 aliphatic carbocycles. The summed E-state index contributed by atoms with van der Waals surface area (Å²) in [4.78, 5) is 2.35. The fourth-order valence-electron chi connectivity index (χ4n) is 2.47. The van der Waals surface area contributed by atoms with Crippen LogP contribution in [0, 0.1) is 0 Å². The Hall–Kier alpha value is -1.58. The second-order valence-corrected chi connectivity index (χ2v) is 4.96. The van der Waals surface area contributed by atoms with Gasteiger partial charge in [0.1, 0.15) is 11.5 Å². The van der Waals surface area contributed by atoms with Gasteiger partial charge in [0.2, 0.25) is 0 Å². The fourth-order valence-corrected chi connectivity index (χ4v) is 2.47. The molecular weight excluding hydrogens is 248 g/mol. The summed E-state index contributed by atoms with van der Waals surface area (Å²) >= 11 is 0. The van der Waals surface area contributed by atoms with E-state index in [1.54, 1.807) is 0 Å². The molecule has 1 aromatic heterocycles. The van der Waals surface area contributed by atoms with Crippen molar-refractivity contribution >= 4 is 0 Å². The zero-order chi connectivity index (χ0) is 14.4. The average Bonchev–Trinajstić information content (AvgIpc) is 2.97. The highest BCUT2D eigenvalue weighted by atomic mass is 16.3. The molecule has 0 radical (unpaired) electrons. The third-order valence-corrected chi connectivity index (χ3v) is 3.66. The normalized spacial score (nSPS) is 12.8. The predicted molar refractivity (Wildman–Crippen MR) is 82.4 cm³/mol. The Kier molecular flexibility index (Phi) is 5.39. The number of rotatable bonds is 7. The molecule has 0 saturated carbocycles. The number of aryl methyl sites for hydroxylation is 1. The minimum Gasteiger partial charge on any atom is -0.464 e. The van der Waals surface area contributed by atoms with Crippen LogP contribution in [0.15, 0.2) is 46.9 Å². The van der Waals surface area contributed by atoms with E-state index in [0.717, 1.165) is 31.0 Å². The lowest BCUT2D eigenvalue weighted by Gasteiger charge is -2.28. The maximum Gasteiger partial charge on any atom is 0.122 e. The molecule has 0 aliphatic heterocycles. The molecule has 0 spiro atoms. The Morgan fingerprint density at radius 2 is 1.85 bits per heavy atom. The minimum atomic E-state index is 0.139. The van der Waals surface area contributed by atoms with E-state index in [0.29, 0.717) is 6.54 Å². The summed E-state index contributed by atoms with van der Waals surface area (Å²) in [7, 11) is 0. The quantitative estimate of drug-likeness (QED) is 0.840. The van der Waals surface area contributed by atoms with Crippen molar-refractivity contribution in [1.29, 1.82) is 0 Å². The molecule has 1 heterocycles. The third-order valence-electron chi connectivity index (χ3n) is 3.66. The van der Waals surface area contributed by atoms with Gasteiger partial charge in [0.25, 0.3) is 0 Å². The zero-order valence-electron chi connectivity index (χ0n) is 12.4. The Labute approximate surface area is 121 Å². The first-order chi connectivity index (χ1) is 9.78. The molecule has 3 nitrogen and oxygen atoms in total. The van der Waals surface area contributed by atoms with Crippen molar-refractivity contribution in [1.82, 2.24) is 4.90 Å². The molecule has 2 rings (SSSR count). The molecule has 1 unspecified atom stereocenters. The predicted octanol–water partition coefficient (Wildman–Crippen LogP) is 3.36. The van der Waals surface area contributed by atoms with Crippen LogP contribution in [-0.2, 0) is 13.0 Å². The summed E-state index contributed by atoms with van der Waals surface area (Å²) in [6.07, 6.45) is 0.919. The van der Waals surface area contributed by atoms with E-state index in [-0.39, 0.29) is 6.04 Å². The van der Waals surface area contributed by atoms with Gasteiger partial charge in [0, 0.05) is 19.5 Å². The summed E-state index contributed by atoms with van der Waals surface area (Å²) < 4.78 is 5.88. The number of furan rings is 1. The molecule has 1 atom stereocenters. The molecular formula is C17H24N2O. The van der Waals surface area contributed by atoms with Crippen LogP contribution >= 0.6 is 0 Å². The first kappa shape index (κ1) is 14.8. The van der Waals surface area contributed by atoms with Gasteiger partial charge in [0.05, 0.1) is 6.04 Å². The van der Waals surface area contributed by atoms with Gasteiger partial charge >= 0.3 is 0 Å². The fraction of sp³-hybridized carbons (Fsp3) is 0.412. The molecule has 1 aromatic carbocycles. The molecule has 0 bridgehead atoms. The number of benzene rings is 1. The highest BCUT2D eigenvalue weighted by Crippen LogP contribution is 2.24. The number of likely N-dealkylation sites (N-methyl/N-ethyl adjacent to an activating group) is 1. The van der Waals surface area contributed by atoms with Crippen LogP contribution in [0.2, 0.25) is 0 Å². The second-order valence-electron chi connectivity index (χ2n) is 4.96. The topological polar surface area (TPSA) is 42.4 Å². The standard InChI is InChI=1S/C17H24N2O/c1-3-15-10-11-17(20-15)16(12-18)19(4-2)13-14-8-6-5-7-9-14/h5-11,16H,3-4,12-13,18H2,1-2H3. The molecule has 20 heavy (non-hydrogen) atoms. The Morgan fingerprint density at radius 1 is 1.10 bits per heavy atom. The van der Waals surface area contributed by atoms with Gasteiger partial charge in [0.15, 0.2) is 0 Å². The first-order valence-corrected chi connectivity index (χ1v) is 7.35. The number of hydrogen-bond acceptors (Lipinski definition) is 3. The molecule has 3 heteroatoms. The van der Waals surface area contributed by atoms with Gasteiger partial charge in [-0.1, -0.05) is 44.2 Å². The van der Waals surface area contributed by atoms with Crippen LogP contribution in [0.5, 0.6) is 0 Å². The number of nitrogens with two attached hydrogens (primary N) is 1. The molecule has 0 aliphatic rings. The van der Waals surface area contributed by atoms with Crippen molar-refractivity contribution < 1.29 is 4.42 Å². The minimum absolute atomic E-state index is 0.139. The lowest BCUT2D eigenvalue weighted by atomic mass is 10.1. The maximum atomic E-state index is 5.98. The van der Waals surface area contributed by atoms with Crippen LogP contribution in [0.25, 0.3) is 0 Å². The molecule has 108 valence electrons. The summed E-state index contributed by atoms with van der Waals surface area (Å²) in [5.74, 6) is 2.00. The zero-order valence-corrected chi connectivity index (χ0v) is 12.4. The Balaban J connectivity index is 2.14. The third kappa shape index (κ3) is 3.50. The van der Waals surface area contributed by atoms with Crippen molar-refractivity contribution in [2.45, 2.75) is 32.9 Å². The van der Waals surface area contributed by atoms with Crippen molar-refractivity contribution in [3.63, 3.8) is 0 Å². The van der Waals surface area contributed by atoms with E-state index >= 15 is 0 Å². The van der Waals surface area contributed by atoms with Gasteiger partial charge in [-0.05, 0) is 24.2 Å². The molecule has 0 amide bonds. The van der Waals surface area contributed by atoms with Gasteiger partial charge in [-0.15, -0.1) is 0 Å². The van der Waals surface area contributed by atoms with Crippen LogP contribution in [0.1, 0.15) is 37.0 Å². The highest BCUT2D eigenvalue weighted by Gasteiger charge is 2.21. The van der Waals surface area contributed by atoms with Gasteiger partial charge in [-0.25, -0.2) is 0 Å². The van der Waals surface area contributed by atoms with Gasteiger partial charge < -0.3 is 10.2 Å². The van der Waals surface area contributed by atoms with Gasteiger partial charge in [-0.2, -0.15) is 0 Å². The van der Waals surface area contributed by atoms with Crippen molar-refractivity contribution in [2.75, 3.05) is 13.1 Å². The van der Waals surface area contributed by atoms with Crippen molar-refractivity contribution in [2.24, 2.45) is 5.73 Å². The van der Waals surface area contributed by atoms with Crippen molar-refractivity contribution in [3.8, 4) is 0 Å². The lowest BCUT2D eigenvalue weighted by molar-refractivity contribution is 0.178. The molecule has 2 aromatic rings. The van der Waals surface area contributed by atoms with Crippen molar-refractivity contribution in [3.05, 3.63) is 59.5 Å². The average molecular weight is 272 g/mol. The Morgan fingerprint density at radius 3 is 2.40 bits per heavy atom. The monoisotopic (exact) mass is 272 g/mol. The Bertz CT molecular complexity index is 507. The van der Waals surface area contributed by atoms with Crippen LogP contribution in [0.3, 0.4) is 0 Å². The maximum absolute atomic E-state index is 5.98. The summed E-state index contributed by atoms with van der Waals surface area (Å²) in [6.45, 7) is 6.66. The van der Waals surface area contributed by atoms with E-state index < -0.39 is 0 Å². The van der Waals surface area contributed by atoms with E-state index in [1.807, 2.05) is 12.1 Å². The smallest absolute Gasteiger partial charge is 0.122 e. The molecule has 2 N–H and O–H groups in total. The van der Waals surface area contributed by atoms with Crippen LogP contribution in [0.4, 0.5) is 0 Å². The summed E-state index contributed by atoms with van der Waals surface area (Å²) in [5.41, 5.74) is 7.28. The van der Waals surface area contributed by atoms with Crippen LogP contribution < -0.4 is 5.73 Å². The second kappa shape index (κ2) is 7.27. The van der Waals surface area contributed by atoms with E-state index in [4.69, 9.17) is 10.2 Å². The SMILES string of the molecule is CCc1ccc(C(CN)N(CC)Cc2ccccc2)o1. The summed E-state index contributed by atoms with van der Waals surface area (Å²) in [6, 6.07) is 14.7.